The number of anilines is 1. The van der Waals surface area contributed by atoms with Gasteiger partial charge in [0.05, 0.1) is 0 Å². The smallest absolute Gasteiger partial charge is 0.242 e. The topological polar surface area (TPSA) is 41.1 Å². The molecule has 0 radical (unpaired) electrons. The van der Waals surface area contributed by atoms with E-state index in [2.05, 4.69) is 34.9 Å². The molecule has 1 unspecified atom stereocenters. The zero-order valence-corrected chi connectivity index (χ0v) is 14.2. The van der Waals surface area contributed by atoms with Crippen LogP contribution in [0.1, 0.15) is 56.6 Å². The van der Waals surface area contributed by atoms with Gasteiger partial charge in [0.25, 0.3) is 0 Å². The Hall–Kier alpha value is -1.77. The Morgan fingerprint density at radius 3 is 2.83 bits per heavy atom. The lowest BCUT2D eigenvalue weighted by Gasteiger charge is -2.17. The van der Waals surface area contributed by atoms with Crippen molar-refractivity contribution in [2.75, 3.05) is 11.9 Å². The fourth-order valence-electron chi connectivity index (χ4n) is 3.61. The average molecular weight is 312 g/mol. The standard InChI is InChI=1S/C20H28N2O/c1-15(20(23)21-13-12-16-6-3-2-4-7-16)22-19-11-10-17-8-5-9-18(17)14-19/h6,10-11,14-15,22H,2-5,7-9,12-13H2,1H3,(H,21,23). The summed E-state index contributed by atoms with van der Waals surface area (Å²) in [6.45, 7) is 2.68. The predicted molar refractivity (Wildman–Crippen MR) is 95.7 cm³/mol. The van der Waals surface area contributed by atoms with Crippen molar-refractivity contribution in [3.05, 3.63) is 41.0 Å². The van der Waals surface area contributed by atoms with Gasteiger partial charge in [-0.3, -0.25) is 4.79 Å². The number of amides is 1. The number of benzene rings is 1. The van der Waals surface area contributed by atoms with Crippen molar-refractivity contribution in [3.8, 4) is 0 Å². The Kier molecular flexibility index (Phi) is 5.37. The van der Waals surface area contributed by atoms with Gasteiger partial charge in [0, 0.05) is 12.2 Å². The normalized spacial score (nSPS) is 18.0. The van der Waals surface area contributed by atoms with Gasteiger partial charge in [-0.2, -0.15) is 0 Å². The molecule has 1 amide bonds. The van der Waals surface area contributed by atoms with Crippen molar-refractivity contribution in [1.29, 1.82) is 0 Å². The molecule has 0 aliphatic heterocycles. The lowest BCUT2D eigenvalue weighted by Crippen LogP contribution is -2.38. The lowest BCUT2D eigenvalue weighted by atomic mass is 9.97. The highest BCUT2D eigenvalue weighted by Crippen LogP contribution is 2.25. The van der Waals surface area contributed by atoms with Crippen molar-refractivity contribution in [3.63, 3.8) is 0 Å². The zero-order valence-electron chi connectivity index (χ0n) is 14.2. The maximum absolute atomic E-state index is 12.2. The average Bonchev–Trinajstić information content (AvgIpc) is 3.03. The van der Waals surface area contributed by atoms with E-state index in [0.29, 0.717) is 0 Å². The molecule has 0 saturated heterocycles. The van der Waals surface area contributed by atoms with E-state index < -0.39 is 0 Å². The molecule has 3 heteroatoms. The minimum atomic E-state index is -0.199. The molecule has 2 aliphatic rings. The van der Waals surface area contributed by atoms with Gasteiger partial charge in [-0.05, 0) is 81.5 Å². The van der Waals surface area contributed by atoms with E-state index in [9.17, 15) is 4.79 Å². The molecular formula is C20H28N2O. The van der Waals surface area contributed by atoms with Crippen molar-refractivity contribution < 1.29 is 4.79 Å². The Bertz CT molecular complexity index is 591. The number of aryl methyl sites for hydroxylation is 2. The van der Waals surface area contributed by atoms with Gasteiger partial charge < -0.3 is 10.6 Å². The summed E-state index contributed by atoms with van der Waals surface area (Å²) in [5, 5.41) is 6.39. The first-order valence-corrected chi connectivity index (χ1v) is 9.06. The summed E-state index contributed by atoms with van der Waals surface area (Å²) in [6.07, 6.45) is 12.0. The first-order chi connectivity index (χ1) is 11.2. The van der Waals surface area contributed by atoms with Gasteiger partial charge in [-0.25, -0.2) is 0 Å². The van der Waals surface area contributed by atoms with Crippen molar-refractivity contribution >= 4 is 11.6 Å². The van der Waals surface area contributed by atoms with Crippen LogP contribution in [0, 0.1) is 0 Å². The highest BCUT2D eigenvalue weighted by Gasteiger charge is 2.15. The SMILES string of the molecule is CC(Nc1ccc2c(c1)CCC2)C(=O)NCCC1=CCCCC1. The van der Waals surface area contributed by atoms with Crippen molar-refractivity contribution in [1.82, 2.24) is 5.32 Å². The van der Waals surface area contributed by atoms with E-state index in [0.717, 1.165) is 18.7 Å². The van der Waals surface area contributed by atoms with E-state index >= 15 is 0 Å². The van der Waals surface area contributed by atoms with Crippen molar-refractivity contribution in [2.45, 2.75) is 64.3 Å². The molecule has 1 aromatic carbocycles. The van der Waals surface area contributed by atoms with Gasteiger partial charge in [0.15, 0.2) is 0 Å². The molecule has 1 atom stereocenters. The molecule has 0 saturated carbocycles. The molecule has 0 aromatic heterocycles. The van der Waals surface area contributed by atoms with Gasteiger partial charge in [0.1, 0.15) is 6.04 Å². The largest absolute Gasteiger partial charge is 0.374 e. The second-order valence-electron chi connectivity index (χ2n) is 6.85. The fourth-order valence-corrected chi connectivity index (χ4v) is 3.61. The van der Waals surface area contributed by atoms with Gasteiger partial charge in [-0.15, -0.1) is 0 Å². The minimum absolute atomic E-state index is 0.0851. The second kappa shape index (κ2) is 7.67. The maximum atomic E-state index is 12.2. The van der Waals surface area contributed by atoms with Crippen LogP contribution in [0.3, 0.4) is 0 Å². The molecule has 0 heterocycles. The molecule has 3 nitrogen and oxygen atoms in total. The first-order valence-electron chi connectivity index (χ1n) is 9.06. The number of carbonyl (C=O) groups is 1. The first kappa shape index (κ1) is 16.1. The van der Waals surface area contributed by atoms with Gasteiger partial charge in [0.2, 0.25) is 5.91 Å². The third kappa shape index (κ3) is 4.37. The molecule has 23 heavy (non-hydrogen) atoms. The summed E-state index contributed by atoms with van der Waals surface area (Å²) in [6, 6.07) is 6.31. The minimum Gasteiger partial charge on any atom is -0.374 e. The summed E-state index contributed by atoms with van der Waals surface area (Å²) in [5.41, 5.74) is 5.47. The lowest BCUT2D eigenvalue weighted by molar-refractivity contribution is -0.121. The Balaban J connectivity index is 1.45. The highest BCUT2D eigenvalue weighted by molar-refractivity contribution is 5.84. The molecule has 0 fully saturated rings. The van der Waals surface area contributed by atoms with Crippen LogP contribution in [0.2, 0.25) is 0 Å². The highest BCUT2D eigenvalue weighted by atomic mass is 16.2. The number of allylic oxidation sites excluding steroid dienone is 1. The van der Waals surface area contributed by atoms with Crippen LogP contribution in [-0.2, 0) is 17.6 Å². The van der Waals surface area contributed by atoms with Crippen LogP contribution in [0.5, 0.6) is 0 Å². The quantitative estimate of drug-likeness (QED) is 0.780. The van der Waals surface area contributed by atoms with E-state index in [1.807, 2.05) is 6.92 Å². The number of hydrogen-bond acceptors (Lipinski definition) is 2. The number of nitrogens with one attached hydrogen (secondary N) is 2. The number of fused-ring (bicyclic) bond motifs is 1. The monoisotopic (exact) mass is 312 g/mol. The van der Waals surface area contributed by atoms with E-state index in [1.165, 1.54) is 61.6 Å². The summed E-state index contributed by atoms with van der Waals surface area (Å²) < 4.78 is 0. The second-order valence-corrected chi connectivity index (χ2v) is 6.85. The van der Waals surface area contributed by atoms with E-state index in [1.54, 1.807) is 0 Å². The summed E-state index contributed by atoms with van der Waals surface area (Å²) in [7, 11) is 0. The Morgan fingerprint density at radius 1 is 1.13 bits per heavy atom. The molecule has 0 bridgehead atoms. The molecule has 124 valence electrons. The van der Waals surface area contributed by atoms with Crippen LogP contribution >= 0.6 is 0 Å². The molecular weight excluding hydrogens is 284 g/mol. The molecule has 0 spiro atoms. The number of carbonyl (C=O) groups excluding carboxylic acids is 1. The van der Waals surface area contributed by atoms with Crippen LogP contribution in [0.15, 0.2) is 29.8 Å². The number of rotatable bonds is 6. The predicted octanol–water partition coefficient (Wildman–Crippen LogP) is 3.98. The Morgan fingerprint density at radius 2 is 2.00 bits per heavy atom. The fraction of sp³-hybridized carbons (Fsp3) is 0.550. The molecule has 1 aromatic rings. The van der Waals surface area contributed by atoms with Crippen LogP contribution < -0.4 is 10.6 Å². The molecule has 3 rings (SSSR count). The molecule has 2 N–H and O–H groups in total. The van der Waals surface area contributed by atoms with E-state index in [4.69, 9.17) is 0 Å². The van der Waals surface area contributed by atoms with E-state index in [-0.39, 0.29) is 11.9 Å². The maximum Gasteiger partial charge on any atom is 0.242 e. The Labute approximate surface area is 139 Å². The van der Waals surface area contributed by atoms with Crippen LogP contribution in [0.25, 0.3) is 0 Å². The van der Waals surface area contributed by atoms with Crippen molar-refractivity contribution in [2.24, 2.45) is 0 Å². The third-order valence-corrected chi connectivity index (χ3v) is 5.01. The van der Waals surface area contributed by atoms with Crippen LogP contribution in [0.4, 0.5) is 5.69 Å². The van der Waals surface area contributed by atoms with Crippen LogP contribution in [-0.4, -0.2) is 18.5 Å². The van der Waals surface area contributed by atoms with Gasteiger partial charge in [-0.1, -0.05) is 17.7 Å². The third-order valence-electron chi connectivity index (χ3n) is 5.01. The molecule has 2 aliphatic carbocycles. The summed E-state index contributed by atoms with van der Waals surface area (Å²) in [4.78, 5) is 12.2. The van der Waals surface area contributed by atoms with Gasteiger partial charge >= 0.3 is 0 Å². The number of hydrogen-bond donors (Lipinski definition) is 2. The zero-order chi connectivity index (χ0) is 16.1. The summed E-state index contributed by atoms with van der Waals surface area (Å²) in [5.74, 6) is 0.0851. The summed E-state index contributed by atoms with van der Waals surface area (Å²) >= 11 is 0.